The molecule has 0 bridgehead atoms. The Balaban J connectivity index is 2.65. The lowest BCUT2D eigenvalue weighted by atomic mass is 10.0. The van der Waals surface area contributed by atoms with Gasteiger partial charge in [0.25, 0.3) is 0 Å². The number of thiophene rings is 1. The summed E-state index contributed by atoms with van der Waals surface area (Å²) in [5.41, 5.74) is 1.18. The molecule has 1 atom stereocenters. The first-order valence-electron chi connectivity index (χ1n) is 4.93. The Morgan fingerprint density at radius 3 is 2.93 bits per heavy atom. The standard InChI is InChI=1S/C12H14O2S/c1-8(6-13)9-7-15-11-5-3-4-10(14-2)12(9)11/h3-5,7-8,13H,6H2,1-2H3. The Morgan fingerprint density at radius 2 is 2.27 bits per heavy atom. The molecule has 0 saturated carbocycles. The van der Waals surface area contributed by atoms with Gasteiger partial charge in [-0.05, 0) is 23.1 Å². The molecule has 0 aliphatic carbocycles. The summed E-state index contributed by atoms with van der Waals surface area (Å²) in [6.07, 6.45) is 0. The Kier molecular flexibility index (Phi) is 2.93. The molecular formula is C12H14O2S. The topological polar surface area (TPSA) is 29.5 Å². The number of ether oxygens (including phenoxy) is 1. The number of rotatable bonds is 3. The monoisotopic (exact) mass is 222 g/mol. The molecule has 15 heavy (non-hydrogen) atoms. The lowest BCUT2D eigenvalue weighted by Crippen LogP contribution is -1.98. The Hall–Kier alpha value is -1.06. The molecule has 0 aliphatic rings. The van der Waals surface area contributed by atoms with Crippen LogP contribution in [0.2, 0.25) is 0 Å². The first-order valence-corrected chi connectivity index (χ1v) is 5.81. The molecule has 0 fully saturated rings. The van der Waals surface area contributed by atoms with Crippen LogP contribution in [0.1, 0.15) is 18.4 Å². The third-order valence-electron chi connectivity index (χ3n) is 2.61. The van der Waals surface area contributed by atoms with Gasteiger partial charge in [0.1, 0.15) is 5.75 Å². The summed E-state index contributed by atoms with van der Waals surface area (Å²) in [5, 5.41) is 12.4. The van der Waals surface area contributed by atoms with Crippen LogP contribution in [0, 0.1) is 0 Å². The molecule has 1 aromatic carbocycles. The summed E-state index contributed by atoms with van der Waals surface area (Å²) < 4.78 is 6.56. The van der Waals surface area contributed by atoms with Gasteiger partial charge in [0.2, 0.25) is 0 Å². The Bertz CT molecular complexity index is 462. The van der Waals surface area contributed by atoms with E-state index < -0.39 is 0 Å². The van der Waals surface area contributed by atoms with Crippen molar-refractivity contribution in [1.29, 1.82) is 0 Å². The minimum absolute atomic E-state index is 0.162. The number of benzene rings is 1. The minimum atomic E-state index is 0.162. The van der Waals surface area contributed by atoms with E-state index >= 15 is 0 Å². The number of methoxy groups -OCH3 is 1. The smallest absolute Gasteiger partial charge is 0.127 e. The van der Waals surface area contributed by atoms with E-state index in [1.807, 2.05) is 19.1 Å². The second kappa shape index (κ2) is 4.21. The summed E-state index contributed by atoms with van der Waals surface area (Å²) in [4.78, 5) is 0. The fourth-order valence-corrected chi connectivity index (χ4v) is 2.81. The summed E-state index contributed by atoms with van der Waals surface area (Å²) in [5.74, 6) is 1.05. The highest BCUT2D eigenvalue weighted by atomic mass is 32.1. The van der Waals surface area contributed by atoms with Gasteiger partial charge in [-0.1, -0.05) is 13.0 Å². The van der Waals surface area contributed by atoms with E-state index in [2.05, 4.69) is 11.4 Å². The Morgan fingerprint density at radius 1 is 1.47 bits per heavy atom. The average Bonchev–Trinajstić information content (AvgIpc) is 2.71. The molecule has 0 amide bonds. The van der Waals surface area contributed by atoms with Gasteiger partial charge in [0.15, 0.2) is 0 Å². The van der Waals surface area contributed by atoms with Crippen molar-refractivity contribution in [2.24, 2.45) is 0 Å². The van der Waals surface area contributed by atoms with Crippen molar-refractivity contribution in [2.75, 3.05) is 13.7 Å². The zero-order valence-electron chi connectivity index (χ0n) is 8.86. The van der Waals surface area contributed by atoms with Crippen LogP contribution in [0.3, 0.4) is 0 Å². The van der Waals surface area contributed by atoms with Gasteiger partial charge < -0.3 is 9.84 Å². The third-order valence-corrected chi connectivity index (χ3v) is 3.58. The molecule has 0 radical (unpaired) electrons. The highest BCUT2D eigenvalue weighted by Gasteiger charge is 2.13. The number of aliphatic hydroxyl groups excluding tert-OH is 1. The minimum Gasteiger partial charge on any atom is -0.496 e. The SMILES string of the molecule is COc1cccc2scc(C(C)CO)c12. The lowest BCUT2D eigenvalue weighted by molar-refractivity contribution is 0.273. The van der Waals surface area contributed by atoms with Crippen molar-refractivity contribution < 1.29 is 9.84 Å². The van der Waals surface area contributed by atoms with Crippen LogP contribution in [0.15, 0.2) is 23.6 Å². The molecule has 1 aromatic heterocycles. The van der Waals surface area contributed by atoms with Crippen molar-refractivity contribution in [1.82, 2.24) is 0 Å². The van der Waals surface area contributed by atoms with Gasteiger partial charge in [0, 0.05) is 22.6 Å². The molecule has 2 nitrogen and oxygen atoms in total. The largest absolute Gasteiger partial charge is 0.496 e. The Labute approximate surface area is 93.1 Å². The van der Waals surface area contributed by atoms with Crippen LogP contribution in [0.25, 0.3) is 10.1 Å². The second-order valence-corrected chi connectivity index (χ2v) is 4.52. The van der Waals surface area contributed by atoms with Crippen LogP contribution in [-0.4, -0.2) is 18.8 Å². The van der Waals surface area contributed by atoms with E-state index in [0.29, 0.717) is 0 Å². The van der Waals surface area contributed by atoms with E-state index in [1.54, 1.807) is 18.4 Å². The van der Waals surface area contributed by atoms with Crippen molar-refractivity contribution in [3.8, 4) is 5.75 Å². The average molecular weight is 222 g/mol. The van der Waals surface area contributed by atoms with Crippen molar-refractivity contribution in [3.63, 3.8) is 0 Å². The number of hydrogen-bond donors (Lipinski definition) is 1. The first-order chi connectivity index (χ1) is 7.27. The van der Waals surface area contributed by atoms with Gasteiger partial charge in [-0.25, -0.2) is 0 Å². The van der Waals surface area contributed by atoms with Gasteiger partial charge in [0.05, 0.1) is 7.11 Å². The van der Waals surface area contributed by atoms with Crippen molar-refractivity contribution in [2.45, 2.75) is 12.8 Å². The molecule has 0 spiro atoms. The maximum atomic E-state index is 9.19. The summed E-state index contributed by atoms with van der Waals surface area (Å²) in [6, 6.07) is 6.03. The maximum Gasteiger partial charge on any atom is 0.127 e. The molecule has 1 N–H and O–H groups in total. The molecule has 80 valence electrons. The molecule has 0 aliphatic heterocycles. The highest BCUT2D eigenvalue weighted by Crippen LogP contribution is 2.37. The van der Waals surface area contributed by atoms with Gasteiger partial charge in [-0.15, -0.1) is 11.3 Å². The normalized spacial score (nSPS) is 13.0. The van der Waals surface area contributed by atoms with E-state index in [9.17, 15) is 5.11 Å². The molecule has 0 saturated heterocycles. The fraction of sp³-hybridized carbons (Fsp3) is 0.333. The third kappa shape index (κ3) is 1.73. The maximum absolute atomic E-state index is 9.19. The van der Waals surface area contributed by atoms with E-state index in [4.69, 9.17) is 4.74 Å². The molecule has 2 aromatic rings. The van der Waals surface area contributed by atoms with Crippen molar-refractivity contribution >= 4 is 21.4 Å². The molecule has 1 unspecified atom stereocenters. The number of hydrogen-bond acceptors (Lipinski definition) is 3. The van der Waals surface area contributed by atoms with Crippen LogP contribution in [0.5, 0.6) is 5.75 Å². The predicted octanol–water partition coefficient (Wildman–Crippen LogP) is 3.01. The zero-order valence-corrected chi connectivity index (χ0v) is 9.67. The molecule has 1 heterocycles. The van der Waals surface area contributed by atoms with Gasteiger partial charge in [-0.3, -0.25) is 0 Å². The lowest BCUT2D eigenvalue weighted by Gasteiger charge is -2.09. The van der Waals surface area contributed by atoms with Gasteiger partial charge in [-0.2, -0.15) is 0 Å². The van der Waals surface area contributed by atoms with Crippen LogP contribution >= 0.6 is 11.3 Å². The van der Waals surface area contributed by atoms with E-state index in [0.717, 1.165) is 11.1 Å². The van der Waals surface area contributed by atoms with Crippen LogP contribution < -0.4 is 4.74 Å². The second-order valence-electron chi connectivity index (χ2n) is 3.61. The summed E-state index contributed by atoms with van der Waals surface area (Å²) >= 11 is 1.70. The molecule has 3 heteroatoms. The van der Waals surface area contributed by atoms with E-state index in [-0.39, 0.29) is 12.5 Å². The fourth-order valence-electron chi connectivity index (χ4n) is 1.71. The quantitative estimate of drug-likeness (QED) is 0.865. The first kappa shape index (κ1) is 10.5. The summed E-state index contributed by atoms with van der Waals surface area (Å²) in [7, 11) is 1.68. The van der Waals surface area contributed by atoms with Crippen molar-refractivity contribution in [3.05, 3.63) is 29.1 Å². The molecule has 2 rings (SSSR count). The van der Waals surface area contributed by atoms with Gasteiger partial charge >= 0.3 is 0 Å². The van der Waals surface area contributed by atoms with Crippen LogP contribution in [-0.2, 0) is 0 Å². The van der Waals surface area contributed by atoms with Crippen LogP contribution in [0.4, 0.5) is 0 Å². The predicted molar refractivity (Wildman–Crippen MR) is 63.9 cm³/mol. The number of aliphatic hydroxyl groups is 1. The highest BCUT2D eigenvalue weighted by molar-refractivity contribution is 7.17. The zero-order chi connectivity index (χ0) is 10.8. The summed E-state index contributed by atoms with van der Waals surface area (Å²) in [6.45, 7) is 2.19. The number of fused-ring (bicyclic) bond motifs is 1. The van der Waals surface area contributed by atoms with E-state index in [1.165, 1.54) is 10.3 Å². The molecular weight excluding hydrogens is 208 g/mol.